The number of azo groups is 2. The predicted octanol–water partition coefficient (Wildman–Crippen LogP) is 2.34. The Labute approximate surface area is 259 Å². The molecule has 0 fully saturated rings. The highest BCUT2D eigenvalue weighted by Gasteiger charge is 2.23. The van der Waals surface area contributed by atoms with E-state index < -0.39 is 72.6 Å². The molecule has 0 heterocycles. The van der Waals surface area contributed by atoms with Gasteiger partial charge in [-0.2, -0.15) is 13.5 Å². The Hall–Kier alpha value is -4.31. The normalized spacial score (nSPS) is 13.0. The minimum atomic E-state index is -4.20. The van der Waals surface area contributed by atoms with Gasteiger partial charge in [0.05, 0.1) is 50.4 Å². The van der Waals surface area contributed by atoms with Crippen molar-refractivity contribution in [3.05, 3.63) is 54.1 Å². The lowest BCUT2D eigenvalue weighted by molar-refractivity contribution is 0.1000. The second-order valence-corrected chi connectivity index (χ2v) is 17.1. The number of nitrogens with two attached hydrogens (primary N) is 3. The lowest BCUT2D eigenvalue weighted by Gasteiger charge is -2.11. The molecule has 3 rings (SSSR count). The fraction of sp³-hybridized carbons (Fsp3) is 0.208. The molecule has 0 unspecified atom stereocenters. The number of anilines is 2. The predicted molar refractivity (Wildman–Crippen MR) is 164 cm³/mol. The van der Waals surface area contributed by atoms with Crippen LogP contribution < -0.4 is 17.2 Å². The van der Waals surface area contributed by atoms with Crippen LogP contribution in [0.3, 0.4) is 0 Å². The monoisotopic (exact) mass is 701 g/mol. The number of amides is 1. The molecule has 242 valence electrons. The zero-order valence-corrected chi connectivity index (χ0v) is 27.0. The second-order valence-electron chi connectivity index (χ2n) is 9.40. The van der Waals surface area contributed by atoms with E-state index in [2.05, 4.69) is 24.6 Å². The third kappa shape index (κ3) is 9.11. The van der Waals surface area contributed by atoms with Crippen molar-refractivity contribution in [3.63, 3.8) is 0 Å². The first-order valence-corrected chi connectivity index (χ1v) is 19.4. The van der Waals surface area contributed by atoms with Crippen molar-refractivity contribution in [3.8, 4) is 0 Å². The van der Waals surface area contributed by atoms with Crippen LogP contribution in [0.1, 0.15) is 10.4 Å². The first-order chi connectivity index (χ1) is 20.6. The molecule has 17 nitrogen and oxygen atoms in total. The molecular weight excluding hydrogens is 675 g/mol. The van der Waals surface area contributed by atoms with Crippen molar-refractivity contribution in [2.75, 3.05) is 42.6 Å². The standard InChI is InChI=1S/C24H27N7O10S4/c1-42(33,34)19-12-16(45(39,40)10-9-41-44(3,37)38)7-8-17(19)29-30-18-13-20(43(2,35)36)22(26)23(21(18)25)31-28-15-6-4-5-14(11-15)24(27)32/h4-8,11-13H,9-10,25-26H2,1-3H3,(H2,27,32). The van der Waals surface area contributed by atoms with Gasteiger partial charge in [-0.1, -0.05) is 6.07 Å². The summed E-state index contributed by atoms with van der Waals surface area (Å²) in [4.78, 5) is 10.00. The molecular formula is C24H27N7O10S4. The van der Waals surface area contributed by atoms with Crippen molar-refractivity contribution in [2.45, 2.75) is 14.7 Å². The Kier molecular flexibility index (Phi) is 10.1. The summed E-state index contributed by atoms with van der Waals surface area (Å²) in [7, 11) is -16.3. The van der Waals surface area contributed by atoms with Crippen molar-refractivity contribution in [1.82, 2.24) is 0 Å². The summed E-state index contributed by atoms with van der Waals surface area (Å²) in [6.45, 7) is -0.702. The van der Waals surface area contributed by atoms with Gasteiger partial charge in [0.15, 0.2) is 29.5 Å². The van der Waals surface area contributed by atoms with Crippen molar-refractivity contribution >= 4 is 79.7 Å². The number of primary amides is 1. The van der Waals surface area contributed by atoms with Crippen LogP contribution in [-0.2, 0) is 43.8 Å². The van der Waals surface area contributed by atoms with Crippen LogP contribution >= 0.6 is 0 Å². The Morgan fingerprint density at radius 3 is 1.93 bits per heavy atom. The molecule has 0 aliphatic carbocycles. The summed E-state index contributed by atoms with van der Waals surface area (Å²) < 4.78 is 102. The van der Waals surface area contributed by atoms with E-state index in [1.165, 1.54) is 24.3 Å². The third-order valence-corrected chi connectivity index (χ3v) is 10.3. The summed E-state index contributed by atoms with van der Waals surface area (Å²) in [5.74, 6) is -1.50. The van der Waals surface area contributed by atoms with Crippen LogP contribution in [0.4, 0.5) is 34.1 Å². The van der Waals surface area contributed by atoms with E-state index in [-0.39, 0.29) is 39.7 Å². The van der Waals surface area contributed by atoms with Gasteiger partial charge < -0.3 is 17.2 Å². The van der Waals surface area contributed by atoms with Crippen LogP contribution in [0.5, 0.6) is 0 Å². The number of sulfone groups is 3. The maximum atomic E-state index is 12.7. The molecule has 21 heteroatoms. The SMILES string of the molecule is CS(=O)(=O)OCCS(=O)(=O)c1ccc(N=Nc2cc(S(C)(=O)=O)c(N)c(N=Nc3cccc(C(N)=O)c3)c2N)c(S(C)(=O)=O)c1. The number of rotatable bonds is 12. The average Bonchev–Trinajstić information content (AvgIpc) is 2.90. The quantitative estimate of drug-likeness (QED) is 0.139. The van der Waals surface area contributed by atoms with Gasteiger partial charge in [0.2, 0.25) is 5.91 Å². The van der Waals surface area contributed by atoms with E-state index in [4.69, 9.17) is 17.2 Å². The molecule has 0 aliphatic heterocycles. The molecule has 0 bridgehead atoms. The van der Waals surface area contributed by atoms with Crippen LogP contribution in [0.25, 0.3) is 0 Å². The number of carbonyl (C=O) groups excluding carboxylic acids is 1. The number of nitrogen functional groups attached to an aromatic ring is 2. The minimum absolute atomic E-state index is 0.120. The molecule has 45 heavy (non-hydrogen) atoms. The summed E-state index contributed by atoms with van der Waals surface area (Å²) >= 11 is 0. The van der Waals surface area contributed by atoms with Crippen LogP contribution in [0, 0.1) is 0 Å². The largest absolute Gasteiger partial charge is 0.396 e. The van der Waals surface area contributed by atoms with E-state index in [0.717, 1.165) is 43.0 Å². The maximum Gasteiger partial charge on any atom is 0.264 e. The van der Waals surface area contributed by atoms with E-state index in [0.29, 0.717) is 0 Å². The Balaban J connectivity index is 2.12. The van der Waals surface area contributed by atoms with E-state index in [9.17, 15) is 38.5 Å². The summed E-state index contributed by atoms with van der Waals surface area (Å²) in [5.41, 5.74) is 16.1. The highest BCUT2D eigenvalue weighted by molar-refractivity contribution is 7.92. The Morgan fingerprint density at radius 1 is 0.733 bits per heavy atom. The Bertz CT molecular complexity index is 2180. The molecule has 3 aromatic carbocycles. The zero-order chi connectivity index (χ0) is 34.0. The van der Waals surface area contributed by atoms with Crippen molar-refractivity contribution in [2.24, 2.45) is 26.2 Å². The van der Waals surface area contributed by atoms with Crippen molar-refractivity contribution < 1.29 is 42.6 Å². The molecule has 0 saturated carbocycles. The van der Waals surface area contributed by atoms with Gasteiger partial charge in [0.25, 0.3) is 10.1 Å². The number of benzene rings is 3. The first-order valence-electron chi connectivity index (χ1n) is 12.2. The van der Waals surface area contributed by atoms with Gasteiger partial charge in [-0.05, 0) is 42.5 Å². The van der Waals surface area contributed by atoms with Gasteiger partial charge in [-0.25, -0.2) is 25.3 Å². The molecule has 0 radical (unpaired) electrons. The third-order valence-electron chi connectivity index (χ3n) is 5.72. The maximum absolute atomic E-state index is 12.7. The molecule has 0 aliphatic rings. The van der Waals surface area contributed by atoms with E-state index in [1.807, 2.05) is 0 Å². The van der Waals surface area contributed by atoms with Crippen LogP contribution in [-0.4, -0.2) is 70.7 Å². The lowest BCUT2D eigenvalue weighted by Crippen LogP contribution is -2.15. The fourth-order valence-corrected chi connectivity index (χ4v) is 6.91. The second kappa shape index (κ2) is 13.0. The summed E-state index contributed by atoms with van der Waals surface area (Å²) in [6, 6.07) is 9.55. The molecule has 0 spiro atoms. The smallest absolute Gasteiger partial charge is 0.264 e. The van der Waals surface area contributed by atoms with E-state index >= 15 is 0 Å². The van der Waals surface area contributed by atoms with Gasteiger partial charge >= 0.3 is 0 Å². The summed E-state index contributed by atoms with van der Waals surface area (Å²) in [6.07, 6.45) is 2.38. The summed E-state index contributed by atoms with van der Waals surface area (Å²) in [5, 5.41) is 15.7. The van der Waals surface area contributed by atoms with Crippen molar-refractivity contribution in [1.29, 1.82) is 0 Å². The molecule has 3 aromatic rings. The van der Waals surface area contributed by atoms with Gasteiger partial charge in [0.1, 0.15) is 17.1 Å². The van der Waals surface area contributed by atoms with Gasteiger partial charge in [-0.3, -0.25) is 8.98 Å². The number of hydrogen-bond donors (Lipinski definition) is 3. The lowest BCUT2D eigenvalue weighted by atomic mass is 10.2. The molecule has 0 saturated heterocycles. The van der Waals surface area contributed by atoms with Crippen LogP contribution in [0.2, 0.25) is 0 Å². The molecule has 1 amide bonds. The molecule has 0 atom stereocenters. The van der Waals surface area contributed by atoms with Gasteiger partial charge in [0, 0.05) is 18.1 Å². The zero-order valence-electron chi connectivity index (χ0n) is 23.8. The topological polar surface area (TPSA) is 290 Å². The average molecular weight is 702 g/mol. The Morgan fingerprint density at radius 2 is 1.36 bits per heavy atom. The van der Waals surface area contributed by atoms with E-state index in [1.54, 1.807) is 0 Å². The number of nitrogens with zero attached hydrogens (tertiary/aromatic N) is 4. The molecule has 0 aromatic heterocycles. The van der Waals surface area contributed by atoms with Crippen LogP contribution in [0.15, 0.2) is 83.7 Å². The minimum Gasteiger partial charge on any atom is -0.396 e. The first kappa shape index (κ1) is 35.2. The number of hydrogen-bond acceptors (Lipinski definition) is 16. The number of carbonyl (C=O) groups is 1. The fourth-order valence-electron chi connectivity index (χ4n) is 3.58. The molecule has 6 N–H and O–H groups in total. The highest BCUT2D eigenvalue weighted by atomic mass is 32.2. The highest BCUT2D eigenvalue weighted by Crippen LogP contribution is 2.43. The van der Waals surface area contributed by atoms with Gasteiger partial charge in [-0.15, -0.1) is 15.3 Å².